The lowest BCUT2D eigenvalue weighted by Gasteiger charge is -2.32. The molecule has 4 heterocycles. The van der Waals surface area contributed by atoms with Crippen LogP contribution in [0.25, 0.3) is 16.8 Å². The summed E-state index contributed by atoms with van der Waals surface area (Å²) < 4.78 is 47.0. The molecule has 5 rings (SSSR count). The third-order valence-electron chi connectivity index (χ3n) is 6.71. The largest absolute Gasteiger partial charge is 0.416 e. The first-order chi connectivity index (χ1) is 20.2. The number of pyridine rings is 1. The van der Waals surface area contributed by atoms with Gasteiger partial charge in [0.05, 0.1) is 12.2 Å². The van der Waals surface area contributed by atoms with E-state index in [-0.39, 0.29) is 23.3 Å². The molecule has 4 aromatic rings. The van der Waals surface area contributed by atoms with E-state index in [0.717, 1.165) is 23.9 Å². The van der Waals surface area contributed by atoms with E-state index < -0.39 is 17.6 Å². The van der Waals surface area contributed by atoms with Crippen molar-refractivity contribution in [2.75, 3.05) is 44.3 Å². The summed E-state index contributed by atoms with van der Waals surface area (Å²) in [6, 6.07) is 8.07. The van der Waals surface area contributed by atoms with Crippen molar-refractivity contribution < 1.29 is 22.7 Å². The van der Waals surface area contributed by atoms with Crippen molar-refractivity contribution >= 4 is 29.3 Å². The minimum absolute atomic E-state index is 0.208. The lowest BCUT2D eigenvalue weighted by atomic mass is 10.1. The van der Waals surface area contributed by atoms with E-state index in [4.69, 9.17) is 21.2 Å². The number of nitrogens with zero attached hydrogens (tertiary/aromatic N) is 6. The van der Waals surface area contributed by atoms with Crippen molar-refractivity contribution in [1.82, 2.24) is 24.3 Å². The lowest BCUT2D eigenvalue weighted by molar-refractivity contribution is -0.137. The fourth-order valence-corrected chi connectivity index (χ4v) is 4.72. The highest BCUT2D eigenvalue weighted by Crippen LogP contribution is 2.33. The van der Waals surface area contributed by atoms with Crippen molar-refractivity contribution in [2.24, 2.45) is 10.7 Å². The molecule has 0 unspecified atom stereocenters. The number of benzene rings is 1. The number of carbonyl (C=O) groups excluding carboxylic acids is 1. The number of carbonyl (C=O) groups is 1. The highest BCUT2D eigenvalue weighted by Gasteiger charge is 2.31. The summed E-state index contributed by atoms with van der Waals surface area (Å²) >= 11 is 0. The number of hydrogen-bond donors (Lipinski definition) is 3. The molecule has 1 aliphatic heterocycles. The Balaban J connectivity index is 1.40. The van der Waals surface area contributed by atoms with E-state index in [0.29, 0.717) is 48.8 Å². The predicted octanol–water partition coefficient (Wildman–Crippen LogP) is 3.56. The summed E-state index contributed by atoms with van der Waals surface area (Å²) in [5.74, 6) is 0.0854. The van der Waals surface area contributed by atoms with Crippen LogP contribution in [0.2, 0.25) is 0 Å². The van der Waals surface area contributed by atoms with E-state index >= 15 is 0 Å². The number of alkyl halides is 3. The Hall–Kier alpha value is -4.82. The van der Waals surface area contributed by atoms with Crippen LogP contribution in [0.4, 0.5) is 24.8 Å². The number of anilines is 2. The molecule has 0 radical (unpaired) electrons. The minimum Gasteiger partial charge on any atom is -0.404 e. The molecule has 0 bridgehead atoms. The molecule has 1 saturated heterocycles. The maximum atomic E-state index is 13.0. The maximum Gasteiger partial charge on any atom is 0.416 e. The smallest absolute Gasteiger partial charge is 0.404 e. The number of aromatic nitrogens is 4. The molecule has 5 N–H and O–H groups in total. The normalized spacial score (nSPS) is 16.8. The Morgan fingerprint density at radius 1 is 1.21 bits per heavy atom. The average molecular weight is 580 g/mol. The Labute approximate surface area is 238 Å². The van der Waals surface area contributed by atoms with Gasteiger partial charge in [-0.2, -0.15) is 13.2 Å². The van der Waals surface area contributed by atoms with Gasteiger partial charge >= 0.3 is 6.18 Å². The summed E-state index contributed by atoms with van der Waals surface area (Å²) in [5, 5.41) is 2.40. The Bertz CT molecular complexity index is 1650. The number of amides is 1. The summed E-state index contributed by atoms with van der Waals surface area (Å²) in [6.45, 7) is 2.36. The van der Waals surface area contributed by atoms with Crippen molar-refractivity contribution in [3.63, 3.8) is 0 Å². The molecule has 11 nitrogen and oxygen atoms in total. The molecule has 0 spiro atoms. The molecule has 1 aromatic carbocycles. The second kappa shape index (κ2) is 12.0. The molecular weight excluding hydrogens is 551 g/mol. The number of rotatable bonds is 7. The molecule has 42 heavy (non-hydrogen) atoms. The average Bonchev–Trinajstić information content (AvgIpc) is 3.38. The van der Waals surface area contributed by atoms with Crippen LogP contribution in [0.3, 0.4) is 0 Å². The molecule has 14 heteroatoms. The Morgan fingerprint density at radius 3 is 2.71 bits per heavy atom. The molecule has 218 valence electrons. The number of hydrogen-bond acceptors (Lipinski definition) is 9. The lowest BCUT2D eigenvalue weighted by Crippen LogP contribution is -2.40. The Morgan fingerprint density at radius 2 is 2.00 bits per heavy atom. The summed E-state index contributed by atoms with van der Waals surface area (Å²) in [5.41, 5.74) is 14.0. The molecular formula is C28H28F3N9O2. The van der Waals surface area contributed by atoms with Crippen LogP contribution in [0.15, 0.2) is 71.8 Å². The fourth-order valence-electron chi connectivity index (χ4n) is 4.72. The number of nitrogen functional groups attached to an aromatic ring is 1. The van der Waals surface area contributed by atoms with Gasteiger partial charge in [-0.25, -0.2) is 15.0 Å². The number of morpholine rings is 1. The molecule has 3 aromatic heterocycles. The first kappa shape index (κ1) is 28.7. The third kappa shape index (κ3) is 6.09. The Kier molecular flexibility index (Phi) is 8.17. The summed E-state index contributed by atoms with van der Waals surface area (Å²) in [4.78, 5) is 31.9. The predicted molar refractivity (Wildman–Crippen MR) is 152 cm³/mol. The number of fused-ring (bicyclic) bond motifs is 1. The quantitative estimate of drug-likeness (QED) is 0.282. The number of imidazole rings is 1. The van der Waals surface area contributed by atoms with Gasteiger partial charge in [-0.3, -0.25) is 19.1 Å². The van der Waals surface area contributed by atoms with Crippen molar-refractivity contribution in [3.8, 4) is 11.3 Å². The molecule has 1 atom stereocenters. The van der Waals surface area contributed by atoms with E-state index in [1.54, 1.807) is 49.9 Å². The van der Waals surface area contributed by atoms with Gasteiger partial charge in [-0.1, -0.05) is 12.1 Å². The second-order valence-corrected chi connectivity index (χ2v) is 9.53. The third-order valence-corrected chi connectivity index (χ3v) is 6.71. The zero-order valence-electron chi connectivity index (χ0n) is 22.5. The first-order valence-corrected chi connectivity index (χ1v) is 12.9. The van der Waals surface area contributed by atoms with E-state index in [1.165, 1.54) is 6.20 Å². The molecule has 1 fully saturated rings. The number of aliphatic imine (C=N–C) groups is 1. The topological polar surface area (TPSA) is 149 Å². The van der Waals surface area contributed by atoms with Gasteiger partial charge in [0.15, 0.2) is 0 Å². The van der Waals surface area contributed by atoms with Crippen LogP contribution in [0.1, 0.15) is 27.8 Å². The van der Waals surface area contributed by atoms with Crippen molar-refractivity contribution in [2.45, 2.75) is 12.3 Å². The highest BCUT2D eigenvalue weighted by atomic mass is 19.4. The zero-order valence-corrected chi connectivity index (χ0v) is 22.5. The van der Waals surface area contributed by atoms with Crippen LogP contribution in [-0.4, -0.2) is 69.7 Å². The molecule has 1 aliphatic rings. The maximum absolute atomic E-state index is 13.0. The summed E-state index contributed by atoms with van der Waals surface area (Å²) in [7, 11) is 1.69. The van der Waals surface area contributed by atoms with Gasteiger partial charge in [0, 0.05) is 62.6 Å². The zero-order chi connectivity index (χ0) is 29.9. The van der Waals surface area contributed by atoms with Crippen molar-refractivity contribution in [1.29, 1.82) is 0 Å². The van der Waals surface area contributed by atoms with Gasteiger partial charge in [-0.05, 0) is 36.0 Å². The van der Waals surface area contributed by atoms with E-state index in [1.807, 2.05) is 4.40 Å². The second-order valence-electron chi connectivity index (χ2n) is 9.53. The van der Waals surface area contributed by atoms with Crippen LogP contribution in [0.5, 0.6) is 0 Å². The van der Waals surface area contributed by atoms with Gasteiger partial charge in [-0.15, -0.1) is 0 Å². The number of nitrogens with two attached hydrogens (primary N) is 2. The van der Waals surface area contributed by atoms with Crippen LogP contribution in [-0.2, 0) is 10.9 Å². The molecule has 0 aliphatic carbocycles. The van der Waals surface area contributed by atoms with E-state index in [9.17, 15) is 18.0 Å². The fraction of sp³-hybridized carbons (Fsp3) is 0.250. The number of nitrogens with one attached hydrogen (secondary N) is 1. The number of ether oxygens (including phenoxy) is 1. The van der Waals surface area contributed by atoms with Crippen molar-refractivity contribution in [3.05, 3.63) is 83.7 Å². The first-order valence-electron chi connectivity index (χ1n) is 12.9. The standard InChI is InChI=1S/C28H28F3N9O2/c1-34-14-17(13-32)15-39-10-11-42-21(16-39)26-38-23(24-25(33)36-8-9-40(24)26)18-2-4-19(5-3-18)27(41)37-22-12-20(6-7-35-22)28(29,30)31/h2-9,12-14,21H,10-11,15-16,32H2,1H3,(H2,33,36)(H,35,37,41)/t21-/m1/s1. The van der Waals surface area contributed by atoms with Gasteiger partial charge in [0.2, 0.25) is 0 Å². The van der Waals surface area contributed by atoms with Crippen LogP contribution in [0, 0.1) is 0 Å². The summed E-state index contributed by atoms with van der Waals surface area (Å²) in [6.07, 6.45) is 2.67. The highest BCUT2D eigenvalue weighted by molar-refractivity contribution is 6.04. The van der Waals surface area contributed by atoms with E-state index in [2.05, 4.69) is 25.2 Å². The van der Waals surface area contributed by atoms with Gasteiger partial charge in [0.25, 0.3) is 5.91 Å². The van der Waals surface area contributed by atoms with Crippen LogP contribution >= 0.6 is 0 Å². The SMILES string of the molecule is CN=CC(=CN)CN1CCO[C@@H](c2nc(-c3ccc(C(=O)Nc4cc(C(F)(F)F)ccn4)cc3)c3c(N)nccn23)C1. The molecule has 0 saturated carbocycles. The van der Waals surface area contributed by atoms with Gasteiger partial charge in [0.1, 0.15) is 34.8 Å². The number of halogens is 3. The van der Waals surface area contributed by atoms with Crippen LogP contribution < -0.4 is 16.8 Å². The van der Waals surface area contributed by atoms with Gasteiger partial charge < -0.3 is 21.5 Å². The minimum atomic E-state index is -4.55. The monoisotopic (exact) mass is 579 g/mol. The molecule has 1 amide bonds.